The number of amides is 2. The second-order valence-corrected chi connectivity index (χ2v) is 4.42. The van der Waals surface area contributed by atoms with Gasteiger partial charge in [0.2, 0.25) is 11.8 Å². The number of nitrogens with one attached hydrogen (secondary N) is 2. The first-order valence-electron chi connectivity index (χ1n) is 6.75. The van der Waals surface area contributed by atoms with Crippen molar-refractivity contribution in [2.24, 2.45) is 0 Å². The second kappa shape index (κ2) is 8.85. The number of Topliss-reactive ketones (excluding diaryl/α,β-unsaturated/α-hetero) is 1. The van der Waals surface area contributed by atoms with E-state index in [0.29, 0.717) is 12.1 Å². The lowest BCUT2D eigenvalue weighted by Gasteiger charge is -2.05. The highest BCUT2D eigenvalue weighted by Crippen LogP contribution is 2.04. The molecule has 0 heterocycles. The van der Waals surface area contributed by atoms with E-state index < -0.39 is 0 Å². The number of ketones is 1. The second-order valence-electron chi connectivity index (χ2n) is 4.42. The maximum absolute atomic E-state index is 11.8. The molecule has 0 spiro atoms. The summed E-state index contributed by atoms with van der Waals surface area (Å²) in [6.07, 6.45) is 1.09. The molecule has 0 bridgehead atoms. The number of hydrogen-bond acceptors (Lipinski definition) is 3. The minimum Gasteiger partial charge on any atom is -0.355 e. The van der Waals surface area contributed by atoms with Gasteiger partial charge in [-0.2, -0.15) is 0 Å². The summed E-state index contributed by atoms with van der Waals surface area (Å²) in [5.74, 6) is -0.577. The lowest BCUT2D eigenvalue weighted by atomic mass is 10.1. The van der Waals surface area contributed by atoms with Crippen LogP contribution < -0.4 is 10.6 Å². The van der Waals surface area contributed by atoms with Crippen LogP contribution in [0.25, 0.3) is 0 Å². The van der Waals surface area contributed by atoms with Crippen LogP contribution in [-0.4, -0.2) is 30.7 Å². The molecule has 1 aromatic carbocycles. The molecule has 0 atom stereocenters. The number of carbonyl (C=O) groups excluding carboxylic acids is 3. The van der Waals surface area contributed by atoms with Crippen molar-refractivity contribution in [3.63, 3.8) is 0 Å². The summed E-state index contributed by atoms with van der Waals surface area (Å²) in [5, 5.41) is 5.15. The van der Waals surface area contributed by atoms with Crippen LogP contribution >= 0.6 is 0 Å². The molecule has 1 aromatic rings. The van der Waals surface area contributed by atoms with Crippen molar-refractivity contribution in [1.82, 2.24) is 10.6 Å². The van der Waals surface area contributed by atoms with Crippen molar-refractivity contribution in [2.45, 2.75) is 26.2 Å². The van der Waals surface area contributed by atoms with Gasteiger partial charge in [0.1, 0.15) is 0 Å². The van der Waals surface area contributed by atoms with Crippen LogP contribution in [0.1, 0.15) is 36.5 Å². The minimum absolute atomic E-state index is 0.0433. The fourth-order valence-corrected chi connectivity index (χ4v) is 1.59. The Morgan fingerprint density at radius 3 is 2.30 bits per heavy atom. The third-order valence-corrected chi connectivity index (χ3v) is 2.69. The lowest BCUT2D eigenvalue weighted by molar-refractivity contribution is -0.126. The van der Waals surface area contributed by atoms with Crippen molar-refractivity contribution >= 4 is 17.6 Å². The average Bonchev–Trinajstić information content (AvgIpc) is 2.49. The molecule has 0 aliphatic rings. The van der Waals surface area contributed by atoms with Crippen LogP contribution in [0, 0.1) is 0 Å². The van der Waals surface area contributed by atoms with Gasteiger partial charge in [-0.3, -0.25) is 14.4 Å². The van der Waals surface area contributed by atoms with Crippen molar-refractivity contribution in [3.8, 4) is 0 Å². The third-order valence-electron chi connectivity index (χ3n) is 2.69. The molecular formula is C15H20N2O3. The SMILES string of the molecule is CCCNC(=O)CNC(=O)CCC(=O)c1ccccc1. The van der Waals surface area contributed by atoms with Gasteiger partial charge in [0.05, 0.1) is 6.54 Å². The van der Waals surface area contributed by atoms with Gasteiger partial charge >= 0.3 is 0 Å². The summed E-state index contributed by atoms with van der Waals surface area (Å²) in [6.45, 7) is 2.51. The van der Waals surface area contributed by atoms with Crippen LogP contribution in [0.4, 0.5) is 0 Å². The molecule has 0 saturated carbocycles. The highest BCUT2D eigenvalue weighted by molar-refractivity contribution is 5.98. The molecule has 0 fully saturated rings. The van der Waals surface area contributed by atoms with Gasteiger partial charge < -0.3 is 10.6 Å². The molecule has 0 radical (unpaired) electrons. The van der Waals surface area contributed by atoms with Crippen molar-refractivity contribution in [1.29, 1.82) is 0 Å². The van der Waals surface area contributed by atoms with Gasteiger partial charge in [0, 0.05) is 24.9 Å². The van der Waals surface area contributed by atoms with Crippen molar-refractivity contribution in [3.05, 3.63) is 35.9 Å². The number of carbonyl (C=O) groups is 3. The zero-order valence-corrected chi connectivity index (χ0v) is 11.6. The molecular weight excluding hydrogens is 256 g/mol. The maximum Gasteiger partial charge on any atom is 0.239 e. The zero-order chi connectivity index (χ0) is 14.8. The highest BCUT2D eigenvalue weighted by Gasteiger charge is 2.09. The predicted molar refractivity (Wildman–Crippen MR) is 76.3 cm³/mol. The third kappa shape index (κ3) is 6.13. The fourth-order valence-electron chi connectivity index (χ4n) is 1.59. The Morgan fingerprint density at radius 2 is 1.65 bits per heavy atom. The average molecular weight is 276 g/mol. The van der Waals surface area contributed by atoms with E-state index in [1.807, 2.05) is 13.0 Å². The molecule has 108 valence electrons. The summed E-state index contributed by atoms with van der Waals surface area (Å²) in [5.41, 5.74) is 0.598. The minimum atomic E-state index is -0.291. The van der Waals surface area contributed by atoms with Gasteiger partial charge in [0.15, 0.2) is 5.78 Å². The van der Waals surface area contributed by atoms with E-state index >= 15 is 0 Å². The molecule has 2 amide bonds. The molecule has 0 aliphatic heterocycles. The van der Waals surface area contributed by atoms with Gasteiger partial charge in [0.25, 0.3) is 0 Å². The monoisotopic (exact) mass is 276 g/mol. The van der Waals surface area contributed by atoms with E-state index in [4.69, 9.17) is 0 Å². The van der Waals surface area contributed by atoms with E-state index in [1.54, 1.807) is 24.3 Å². The standard InChI is InChI=1S/C15H20N2O3/c1-2-10-16-15(20)11-17-14(19)9-8-13(18)12-6-4-3-5-7-12/h3-7H,2,8-11H2,1H3,(H,16,20)(H,17,19). The zero-order valence-electron chi connectivity index (χ0n) is 11.6. The Morgan fingerprint density at radius 1 is 0.950 bits per heavy atom. The molecule has 2 N–H and O–H groups in total. The summed E-state index contributed by atoms with van der Waals surface area (Å²) >= 11 is 0. The molecule has 1 rings (SSSR count). The Balaban J connectivity index is 2.23. The van der Waals surface area contributed by atoms with Crippen LogP contribution in [0.2, 0.25) is 0 Å². The number of benzene rings is 1. The maximum atomic E-state index is 11.8. The lowest BCUT2D eigenvalue weighted by Crippen LogP contribution is -2.37. The van der Waals surface area contributed by atoms with E-state index in [0.717, 1.165) is 6.42 Å². The van der Waals surface area contributed by atoms with E-state index in [2.05, 4.69) is 10.6 Å². The summed E-state index contributed by atoms with van der Waals surface area (Å²) in [7, 11) is 0. The number of rotatable bonds is 8. The van der Waals surface area contributed by atoms with Crippen molar-refractivity contribution < 1.29 is 14.4 Å². The summed E-state index contributed by atoms with van der Waals surface area (Å²) in [4.78, 5) is 34.6. The van der Waals surface area contributed by atoms with Gasteiger partial charge in [-0.05, 0) is 6.42 Å². The fraction of sp³-hybridized carbons (Fsp3) is 0.400. The predicted octanol–water partition coefficient (Wildman–Crippen LogP) is 1.29. The van der Waals surface area contributed by atoms with Gasteiger partial charge in [-0.25, -0.2) is 0 Å². The van der Waals surface area contributed by atoms with Gasteiger partial charge in [-0.1, -0.05) is 37.3 Å². The van der Waals surface area contributed by atoms with Gasteiger partial charge in [-0.15, -0.1) is 0 Å². The smallest absolute Gasteiger partial charge is 0.239 e. The Labute approximate surface area is 118 Å². The van der Waals surface area contributed by atoms with Crippen LogP contribution in [-0.2, 0) is 9.59 Å². The van der Waals surface area contributed by atoms with E-state index in [1.165, 1.54) is 0 Å². The first-order valence-corrected chi connectivity index (χ1v) is 6.75. The Kier molecular flexibility index (Phi) is 7.03. The van der Waals surface area contributed by atoms with Crippen LogP contribution in [0.15, 0.2) is 30.3 Å². The van der Waals surface area contributed by atoms with Crippen LogP contribution in [0.3, 0.4) is 0 Å². The first-order chi connectivity index (χ1) is 9.63. The summed E-state index contributed by atoms with van der Waals surface area (Å²) in [6, 6.07) is 8.84. The highest BCUT2D eigenvalue weighted by atomic mass is 16.2. The Bertz CT molecular complexity index is 457. The molecule has 0 unspecified atom stereocenters. The normalized spacial score (nSPS) is 9.85. The first kappa shape index (κ1) is 15.9. The van der Waals surface area contributed by atoms with Crippen molar-refractivity contribution in [2.75, 3.05) is 13.1 Å². The quantitative estimate of drug-likeness (QED) is 0.703. The Hall–Kier alpha value is -2.17. The molecule has 0 aliphatic carbocycles. The largest absolute Gasteiger partial charge is 0.355 e. The van der Waals surface area contributed by atoms with E-state index in [9.17, 15) is 14.4 Å². The molecule has 5 nitrogen and oxygen atoms in total. The summed E-state index contributed by atoms with van der Waals surface area (Å²) < 4.78 is 0. The molecule has 5 heteroatoms. The molecule has 20 heavy (non-hydrogen) atoms. The topological polar surface area (TPSA) is 75.3 Å². The molecule has 0 saturated heterocycles. The van der Waals surface area contributed by atoms with E-state index in [-0.39, 0.29) is 37.0 Å². The van der Waals surface area contributed by atoms with Crippen LogP contribution in [0.5, 0.6) is 0 Å². The molecule has 0 aromatic heterocycles. The number of hydrogen-bond donors (Lipinski definition) is 2.